The van der Waals surface area contributed by atoms with Crippen molar-refractivity contribution in [1.29, 1.82) is 0 Å². The maximum Gasteiger partial charge on any atom is 0.224 e. The number of nitrogens with zero attached hydrogens (tertiary/aromatic N) is 2. The van der Waals surface area contributed by atoms with Crippen LogP contribution in [0.4, 0.5) is 4.39 Å². The van der Waals surface area contributed by atoms with Crippen LogP contribution in [-0.4, -0.2) is 48.4 Å². The van der Waals surface area contributed by atoms with Crippen LogP contribution >= 0.6 is 0 Å². The van der Waals surface area contributed by atoms with Crippen molar-refractivity contribution in [2.75, 3.05) is 18.8 Å². The molecule has 0 aliphatic carbocycles. The van der Waals surface area contributed by atoms with E-state index in [0.717, 1.165) is 5.56 Å². The molecule has 1 aliphatic rings. The smallest absolute Gasteiger partial charge is 0.224 e. The number of halogens is 1. The van der Waals surface area contributed by atoms with Crippen molar-refractivity contribution in [2.24, 2.45) is 5.92 Å². The second kappa shape index (κ2) is 7.61. The molecule has 134 valence electrons. The summed E-state index contributed by atoms with van der Waals surface area (Å²) < 4.78 is 39.0. The largest absolute Gasteiger partial charge is 0.334 e. The van der Waals surface area contributed by atoms with Gasteiger partial charge in [-0.05, 0) is 30.5 Å². The number of carbonyl (C=O) groups is 1. The van der Waals surface area contributed by atoms with Gasteiger partial charge in [-0.15, -0.1) is 0 Å². The van der Waals surface area contributed by atoms with Crippen LogP contribution in [0.1, 0.15) is 32.8 Å². The standard InChI is InChI=1S/C17H25FN2O3S/c1-4-24(22,23)19-10-9-17(21)20(16(12-19)13(2)3)11-14-5-7-15(18)8-6-14/h5-8,13,16H,4,9-12H2,1-3H3/t16-/m1/s1. The summed E-state index contributed by atoms with van der Waals surface area (Å²) in [4.78, 5) is 14.3. The Morgan fingerprint density at radius 2 is 1.88 bits per heavy atom. The van der Waals surface area contributed by atoms with E-state index in [-0.39, 0.29) is 42.4 Å². The molecule has 0 saturated carbocycles. The number of carbonyl (C=O) groups excluding carboxylic acids is 1. The van der Waals surface area contributed by atoms with Gasteiger partial charge in [-0.1, -0.05) is 26.0 Å². The highest BCUT2D eigenvalue weighted by molar-refractivity contribution is 7.89. The first-order valence-corrected chi connectivity index (χ1v) is 9.87. The summed E-state index contributed by atoms with van der Waals surface area (Å²) in [7, 11) is -3.33. The maximum absolute atomic E-state index is 13.1. The van der Waals surface area contributed by atoms with E-state index in [1.807, 2.05) is 13.8 Å². The molecule has 7 heteroatoms. The molecular weight excluding hydrogens is 331 g/mol. The first-order chi connectivity index (χ1) is 11.2. The van der Waals surface area contributed by atoms with Crippen LogP contribution < -0.4 is 0 Å². The van der Waals surface area contributed by atoms with Crippen LogP contribution in [0.5, 0.6) is 0 Å². The summed E-state index contributed by atoms with van der Waals surface area (Å²) in [6.45, 7) is 6.47. The Morgan fingerprint density at radius 3 is 2.42 bits per heavy atom. The van der Waals surface area contributed by atoms with Crippen LogP contribution in [0.2, 0.25) is 0 Å². The molecule has 1 heterocycles. The Labute approximate surface area is 143 Å². The second-order valence-corrected chi connectivity index (χ2v) is 8.73. The van der Waals surface area contributed by atoms with Crippen LogP contribution in [0.15, 0.2) is 24.3 Å². The number of sulfonamides is 1. The Balaban J connectivity index is 2.27. The molecule has 1 aliphatic heterocycles. The van der Waals surface area contributed by atoms with Gasteiger partial charge in [-0.25, -0.2) is 12.8 Å². The summed E-state index contributed by atoms with van der Waals surface area (Å²) in [6.07, 6.45) is 0.170. The molecule has 0 spiro atoms. The predicted octanol–water partition coefficient (Wildman–Crippen LogP) is 2.23. The fraction of sp³-hybridized carbons (Fsp3) is 0.588. The van der Waals surface area contributed by atoms with E-state index in [1.165, 1.54) is 16.4 Å². The molecule has 1 aromatic rings. The molecule has 0 radical (unpaired) electrons. The van der Waals surface area contributed by atoms with E-state index >= 15 is 0 Å². The summed E-state index contributed by atoms with van der Waals surface area (Å²) in [5.74, 6) is -0.236. The molecule has 1 saturated heterocycles. The molecule has 1 aromatic carbocycles. The normalized spacial score (nSPS) is 20.5. The predicted molar refractivity (Wildman–Crippen MR) is 91.2 cm³/mol. The van der Waals surface area contributed by atoms with Crippen molar-refractivity contribution in [3.05, 3.63) is 35.6 Å². The zero-order chi connectivity index (χ0) is 17.9. The van der Waals surface area contributed by atoms with Crippen molar-refractivity contribution in [3.8, 4) is 0 Å². The molecule has 1 fully saturated rings. The molecule has 24 heavy (non-hydrogen) atoms. The zero-order valence-electron chi connectivity index (χ0n) is 14.4. The van der Waals surface area contributed by atoms with Gasteiger partial charge in [0.05, 0.1) is 5.75 Å². The minimum Gasteiger partial charge on any atom is -0.334 e. The fourth-order valence-electron chi connectivity index (χ4n) is 2.95. The van der Waals surface area contributed by atoms with Crippen molar-refractivity contribution in [1.82, 2.24) is 9.21 Å². The van der Waals surface area contributed by atoms with Crippen molar-refractivity contribution < 1.29 is 17.6 Å². The van der Waals surface area contributed by atoms with E-state index in [2.05, 4.69) is 0 Å². The van der Waals surface area contributed by atoms with Crippen LogP contribution in [0.3, 0.4) is 0 Å². The first-order valence-electron chi connectivity index (χ1n) is 8.26. The highest BCUT2D eigenvalue weighted by atomic mass is 32.2. The molecule has 0 aromatic heterocycles. The number of amides is 1. The molecule has 0 N–H and O–H groups in total. The van der Waals surface area contributed by atoms with Gasteiger partial charge < -0.3 is 4.90 Å². The third-order valence-electron chi connectivity index (χ3n) is 4.48. The third-order valence-corrected chi connectivity index (χ3v) is 6.33. The Hall–Kier alpha value is -1.47. The minimum atomic E-state index is -3.33. The SMILES string of the molecule is CCS(=O)(=O)N1CCC(=O)N(Cc2ccc(F)cc2)[C@@H](C(C)C)C1. The highest BCUT2D eigenvalue weighted by Gasteiger charge is 2.35. The number of benzene rings is 1. The van der Waals surface area contributed by atoms with Gasteiger partial charge in [0.25, 0.3) is 0 Å². The van der Waals surface area contributed by atoms with E-state index in [0.29, 0.717) is 13.1 Å². The zero-order valence-corrected chi connectivity index (χ0v) is 15.2. The highest BCUT2D eigenvalue weighted by Crippen LogP contribution is 2.22. The number of hydrogen-bond acceptors (Lipinski definition) is 3. The topological polar surface area (TPSA) is 57.7 Å². The van der Waals surface area contributed by atoms with E-state index < -0.39 is 10.0 Å². The quantitative estimate of drug-likeness (QED) is 0.813. The van der Waals surface area contributed by atoms with Crippen molar-refractivity contribution >= 4 is 15.9 Å². The number of hydrogen-bond donors (Lipinski definition) is 0. The molecule has 1 atom stereocenters. The first kappa shape index (κ1) is 18.9. The van der Waals surface area contributed by atoms with Crippen LogP contribution in [-0.2, 0) is 21.4 Å². The molecular formula is C17H25FN2O3S. The van der Waals surface area contributed by atoms with Crippen LogP contribution in [0.25, 0.3) is 0 Å². The van der Waals surface area contributed by atoms with Gasteiger partial charge in [-0.3, -0.25) is 4.79 Å². The monoisotopic (exact) mass is 356 g/mol. The average Bonchev–Trinajstić information content (AvgIpc) is 2.70. The minimum absolute atomic E-state index is 0.0317. The van der Waals surface area contributed by atoms with Gasteiger partial charge in [-0.2, -0.15) is 4.31 Å². The van der Waals surface area contributed by atoms with E-state index in [4.69, 9.17) is 0 Å². The Morgan fingerprint density at radius 1 is 1.25 bits per heavy atom. The van der Waals surface area contributed by atoms with Gasteiger partial charge in [0, 0.05) is 32.1 Å². The van der Waals surface area contributed by atoms with Crippen molar-refractivity contribution in [2.45, 2.75) is 39.8 Å². The summed E-state index contributed by atoms with van der Waals surface area (Å²) >= 11 is 0. The van der Waals surface area contributed by atoms with Crippen LogP contribution in [0, 0.1) is 11.7 Å². The van der Waals surface area contributed by atoms with Gasteiger partial charge in [0.15, 0.2) is 0 Å². The third kappa shape index (κ3) is 4.33. The average molecular weight is 356 g/mol. The molecule has 2 rings (SSSR count). The lowest BCUT2D eigenvalue weighted by atomic mass is 10.0. The Bertz CT molecular complexity index is 674. The maximum atomic E-state index is 13.1. The van der Waals surface area contributed by atoms with Gasteiger partial charge in [0.2, 0.25) is 15.9 Å². The lowest BCUT2D eigenvalue weighted by molar-refractivity contribution is -0.134. The summed E-state index contributed by atoms with van der Waals surface area (Å²) in [5, 5.41) is 0. The summed E-state index contributed by atoms with van der Waals surface area (Å²) in [6, 6.07) is 5.86. The molecule has 1 amide bonds. The fourth-order valence-corrected chi connectivity index (χ4v) is 4.06. The molecule has 0 bridgehead atoms. The van der Waals surface area contributed by atoms with E-state index in [9.17, 15) is 17.6 Å². The van der Waals surface area contributed by atoms with Gasteiger partial charge >= 0.3 is 0 Å². The van der Waals surface area contributed by atoms with E-state index in [1.54, 1.807) is 24.0 Å². The lowest BCUT2D eigenvalue weighted by Gasteiger charge is -2.34. The lowest BCUT2D eigenvalue weighted by Crippen LogP contribution is -2.47. The van der Waals surface area contributed by atoms with Crippen molar-refractivity contribution in [3.63, 3.8) is 0 Å². The number of rotatable bonds is 5. The Kier molecular flexibility index (Phi) is 5.98. The molecule has 0 unspecified atom stereocenters. The second-order valence-electron chi connectivity index (χ2n) is 6.47. The molecule has 5 nitrogen and oxygen atoms in total. The summed E-state index contributed by atoms with van der Waals surface area (Å²) in [5.41, 5.74) is 0.835. The van der Waals surface area contributed by atoms with Gasteiger partial charge in [0.1, 0.15) is 5.82 Å².